The lowest BCUT2D eigenvalue weighted by molar-refractivity contribution is -0.110. The molecule has 0 aliphatic carbocycles. The van der Waals surface area contributed by atoms with Gasteiger partial charge in [-0.15, -0.1) is 0 Å². The van der Waals surface area contributed by atoms with Crippen LogP contribution in [0.5, 0.6) is 0 Å². The van der Waals surface area contributed by atoms with Crippen molar-refractivity contribution in [1.29, 1.82) is 0 Å². The van der Waals surface area contributed by atoms with E-state index in [4.69, 9.17) is 4.74 Å². The molecule has 1 radical (unpaired) electrons. The number of rotatable bonds is 6. The number of carbonyl (C=O) groups excluding carboxylic acids is 4. The van der Waals surface area contributed by atoms with Gasteiger partial charge in [0.05, 0.1) is 17.2 Å². The molecule has 241 valence electrons. The Kier molecular flexibility index (Phi) is 9.20. The average molecular weight is 645 g/mol. The molecule has 3 aromatic rings. The number of amides is 4. The van der Waals surface area contributed by atoms with E-state index in [1.165, 1.54) is 12.1 Å². The van der Waals surface area contributed by atoms with Gasteiger partial charge < -0.3 is 30.2 Å². The van der Waals surface area contributed by atoms with Crippen molar-refractivity contribution in [1.82, 2.24) is 20.2 Å². The number of benzene rings is 2. The molecule has 0 unspecified atom stereocenters. The van der Waals surface area contributed by atoms with Crippen molar-refractivity contribution in [3.63, 3.8) is 0 Å². The van der Waals surface area contributed by atoms with E-state index < -0.39 is 14.6 Å². The van der Waals surface area contributed by atoms with E-state index >= 15 is 0 Å². The van der Waals surface area contributed by atoms with E-state index in [2.05, 4.69) is 20.6 Å². The van der Waals surface area contributed by atoms with Crippen molar-refractivity contribution in [3.05, 3.63) is 87.5 Å². The van der Waals surface area contributed by atoms with Crippen molar-refractivity contribution in [2.75, 3.05) is 18.0 Å². The number of nitrogens with one attached hydrogen (secondary N) is 4. The molecule has 1 atom stereocenters. The maximum Gasteiger partial charge on any atom is 0.410 e. The number of hydrogen-bond donors (Lipinski definition) is 4. The number of aromatic amines is 1. The van der Waals surface area contributed by atoms with Crippen molar-refractivity contribution in [3.8, 4) is 0 Å². The second-order valence-electron chi connectivity index (χ2n) is 12.7. The molecule has 1 fully saturated rings. The molecule has 0 bridgehead atoms. The predicted octanol–water partition coefficient (Wildman–Crippen LogP) is 5.66. The highest BCUT2D eigenvalue weighted by molar-refractivity contribution is 6.60. The normalized spacial score (nSPS) is 16.5. The maximum absolute atomic E-state index is 13.5. The minimum absolute atomic E-state index is 0.221. The van der Waals surface area contributed by atoms with Crippen LogP contribution in [0, 0.1) is 19.7 Å². The van der Waals surface area contributed by atoms with Crippen LogP contribution in [0.4, 0.5) is 14.9 Å². The molecule has 0 spiro atoms. The molecule has 2 aromatic carbocycles. The fourth-order valence-electron chi connectivity index (χ4n) is 5.67. The Labute approximate surface area is 269 Å². The number of aryl methyl sites for hydroxylation is 1. The molecule has 4 amide bonds. The summed E-state index contributed by atoms with van der Waals surface area (Å²) >= 11 is 0. The number of H-pyrrole nitrogens is 1. The van der Waals surface area contributed by atoms with Crippen LogP contribution in [0.15, 0.2) is 42.5 Å². The van der Waals surface area contributed by atoms with Crippen LogP contribution in [0.1, 0.15) is 89.0 Å². The summed E-state index contributed by atoms with van der Waals surface area (Å²) in [7, 11) is -1.40. The molecule has 2 aliphatic rings. The van der Waals surface area contributed by atoms with Gasteiger partial charge in [-0.1, -0.05) is 12.1 Å². The number of halogens is 1. The van der Waals surface area contributed by atoms with Crippen molar-refractivity contribution >= 4 is 50.1 Å². The first-order chi connectivity index (χ1) is 21.7. The Balaban J connectivity index is 1.32. The van der Waals surface area contributed by atoms with E-state index in [9.17, 15) is 23.6 Å². The van der Waals surface area contributed by atoms with Crippen molar-refractivity contribution in [2.24, 2.45) is 0 Å². The maximum atomic E-state index is 13.5. The molecule has 1 saturated heterocycles. The minimum Gasteiger partial charge on any atom is -0.444 e. The number of ether oxygens (including phenoxy) is 1. The van der Waals surface area contributed by atoms with Crippen LogP contribution >= 0.6 is 0 Å². The second-order valence-corrected chi connectivity index (χ2v) is 15.0. The van der Waals surface area contributed by atoms with E-state index in [0.717, 1.165) is 18.0 Å². The third-order valence-corrected chi connectivity index (χ3v) is 10.3. The van der Waals surface area contributed by atoms with E-state index in [0.29, 0.717) is 57.6 Å². The first-order valence-electron chi connectivity index (χ1n) is 15.3. The summed E-state index contributed by atoms with van der Waals surface area (Å²) in [6.07, 6.45) is 2.57. The fraction of sp³-hybridized carbons (Fsp3) is 0.353. The smallest absolute Gasteiger partial charge is 0.410 e. The SMILES string of the molecule is Cc1[nH]c(/C=C2\C(=O)Nc3ccc(C(=O)N[C@H](C)c4ccc(F)cc4)cc32)c(C)c1C(=O)N[Si]1CCCN(C(=O)OC(C)(C)C)C1. The molecule has 46 heavy (non-hydrogen) atoms. The van der Waals surface area contributed by atoms with Gasteiger partial charge in [0.2, 0.25) is 5.91 Å². The van der Waals surface area contributed by atoms with Gasteiger partial charge in [0.15, 0.2) is 8.96 Å². The third-order valence-electron chi connectivity index (χ3n) is 8.00. The second kappa shape index (κ2) is 13.0. The Morgan fingerprint density at radius 2 is 1.80 bits per heavy atom. The van der Waals surface area contributed by atoms with Gasteiger partial charge in [-0.25, -0.2) is 9.18 Å². The summed E-state index contributed by atoms with van der Waals surface area (Å²) in [6, 6.07) is 11.4. The zero-order valence-corrected chi connectivity index (χ0v) is 27.9. The zero-order chi connectivity index (χ0) is 33.3. The van der Waals surface area contributed by atoms with E-state index in [1.807, 2.05) is 41.5 Å². The topological polar surface area (TPSA) is 133 Å². The Morgan fingerprint density at radius 1 is 1.09 bits per heavy atom. The highest BCUT2D eigenvalue weighted by Gasteiger charge is 2.32. The molecule has 3 heterocycles. The van der Waals surface area contributed by atoms with Crippen LogP contribution in [-0.4, -0.2) is 61.0 Å². The summed E-state index contributed by atoms with van der Waals surface area (Å²) in [5.41, 5.74) is 4.50. The van der Waals surface area contributed by atoms with Crippen LogP contribution in [-0.2, 0) is 9.53 Å². The highest BCUT2D eigenvalue weighted by Crippen LogP contribution is 2.35. The Morgan fingerprint density at radius 3 is 2.50 bits per heavy atom. The predicted molar refractivity (Wildman–Crippen MR) is 176 cm³/mol. The van der Waals surface area contributed by atoms with Crippen LogP contribution in [0.2, 0.25) is 6.04 Å². The average Bonchev–Trinajstić information content (AvgIpc) is 3.45. The monoisotopic (exact) mass is 644 g/mol. The summed E-state index contributed by atoms with van der Waals surface area (Å²) in [5, 5.41) is 5.77. The van der Waals surface area contributed by atoms with E-state index in [1.54, 1.807) is 41.3 Å². The van der Waals surface area contributed by atoms with Gasteiger partial charge in [0.1, 0.15) is 11.4 Å². The number of aromatic nitrogens is 1. The number of nitrogens with zero attached hydrogens (tertiary/aromatic N) is 1. The molecule has 12 heteroatoms. The van der Waals surface area contributed by atoms with Gasteiger partial charge in [0.25, 0.3) is 11.8 Å². The zero-order valence-electron chi connectivity index (χ0n) is 26.9. The minimum atomic E-state index is -1.40. The largest absolute Gasteiger partial charge is 0.444 e. The number of fused-ring (bicyclic) bond motifs is 1. The molecule has 0 saturated carbocycles. The Bertz CT molecular complexity index is 1730. The first kappa shape index (κ1) is 32.7. The van der Waals surface area contributed by atoms with Crippen LogP contribution < -0.4 is 15.6 Å². The Hall–Kier alpha value is -4.71. The number of anilines is 1. The fourth-order valence-corrected chi connectivity index (χ4v) is 7.81. The summed E-state index contributed by atoms with van der Waals surface area (Å²) in [4.78, 5) is 60.4. The quantitative estimate of drug-likeness (QED) is 0.203. The number of hydrogen-bond acceptors (Lipinski definition) is 5. The van der Waals surface area contributed by atoms with E-state index in [-0.39, 0.29) is 35.7 Å². The lowest BCUT2D eigenvalue weighted by Gasteiger charge is -2.33. The lowest BCUT2D eigenvalue weighted by Crippen LogP contribution is -2.53. The molecule has 5 rings (SSSR count). The summed E-state index contributed by atoms with van der Waals surface area (Å²) in [5.74, 6) is -1.23. The summed E-state index contributed by atoms with van der Waals surface area (Å²) in [6.45, 7) is 11.5. The van der Waals surface area contributed by atoms with Gasteiger partial charge in [-0.3, -0.25) is 14.4 Å². The lowest BCUT2D eigenvalue weighted by atomic mass is 10.0. The van der Waals surface area contributed by atoms with Crippen molar-refractivity contribution < 1.29 is 28.3 Å². The van der Waals surface area contributed by atoms with Gasteiger partial charge in [0, 0.05) is 40.9 Å². The van der Waals surface area contributed by atoms with Gasteiger partial charge in [-0.05, 0) is 102 Å². The molecule has 1 aromatic heterocycles. The molecular formula is C34H39FN5O5Si. The first-order valence-corrected chi connectivity index (χ1v) is 17.2. The van der Waals surface area contributed by atoms with Crippen LogP contribution in [0.25, 0.3) is 11.6 Å². The van der Waals surface area contributed by atoms with Crippen LogP contribution in [0.3, 0.4) is 0 Å². The molecule has 4 N–H and O–H groups in total. The molecule has 2 aliphatic heterocycles. The molecule has 10 nitrogen and oxygen atoms in total. The summed E-state index contributed by atoms with van der Waals surface area (Å²) < 4.78 is 18.9. The van der Waals surface area contributed by atoms with Gasteiger partial charge >= 0.3 is 6.09 Å². The third kappa shape index (κ3) is 7.22. The number of carbonyl (C=O) groups is 4. The molecular weight excluding hydrogens is 605 g/mol. The standard InChI is InChI=1S/C34H39FN5O5Si/c1-19-28(36-21(3)29(19)32(43)39-46-15-7-14-40(18-46)33(44)45-34(4,5)6)17-26-25-16-23(10-13-27(25)38-31(26)42)30(41)37-20(2)22-8-11-24(35)12-9-22/h8-13,16-17,20,36H,7,14-15,18H2,1-6H3,(H,37,41)(H,38,42)(H,39,43)/b26-17-/t20-/m1/s1. The highest BCUT2D eigenvalue weighted by atomic mass is 28.3. The van der Waals surface area contributed by atoms with Gasteiger partial charge in [-0.2, -0.15) is 0 Å². The van der Waals surface area contributed by atoms with Crippen molar-refractivity contribution in [2.45, 2.75) is 65.7 Å².